The van der Waals surface area contributed by atoms with Gasteiger partial charge in [0, 0.05) is 32.4 Å². The second kappa shape index (κ2) is 7.10. The van der Waals surface area contributed by atoms with E-state index in [2.05, 4.69) is 6.92 Å². The summed E-state index contributed by atoms with van der Waals surface area (Å²) in [7, 11) is 0. The van der Waals surface area contributed by atoms with Crippen LogP contribution in [0.25, 0.3) is 0 Å². The van der Waals surface area contributed by atoms with Crippen LogP contribution in [0, 0.1) is 5.92 Å². The Morgan fingerprint density at radius 3 is 2.57 bits per heavy atom. The minimum Gasteiger partial charge on any atom is -0.459 e. The summed E-state index contributed by atoms with van der Waals surface area (Å²) >= 11 is 0. The van der Waals surface area contributed by atoms with Crippen LogP contribution in [0.1, 0.15) is 72.6 Å². The molecule has 0 aromatic rings. The number of piperidine rings is 1. The first-order valence-corrected chi connectivity index (χ1v) is 8.95. The lowest BCUT2D eigenvalue weighted by Gasteiger charge is -2.48. The average molecular weight is 325 g/mol. The number of unbranched alkanes of at least 4 members (excludes halogenated alkanes) is 1. The molecule has 0 radical (unpaired) electrons. The van der Waals surface area contributed by atoms with Gasteiger partial charge in [-0.25, -0.2) is 4.79 Å². The number of esters is 1. The third kappa shape index (κ3) is 4.61. The molecule has 1 spiro atoms. The molecule has 0 aromatic heterocycles. The van der Waals surface area contributed by atoms with E-state index in [4.69, 9.17) is 9.47 Å². The highest BCUT2D eigenvalue weighted by Crippen LogP contribution is 2.42. The molecule has 0 N–H and O–H groups in total. The number of amides is 1. The van der Waals surface area contributed by atoms with E-state index in [1.54, 1.807) is 4.90 Å². The molecule has 5 heteroatoms. The number of nitrogens with zero attached hydrogens (tertiary/aromatic N) is 1. The lowest BCUT2D eigenvalue weighted by atomic mass is 9.73. The highest BCUT2D eigenvalue weighted by atomic mass is 16.6. The van der Waals surface area contributed by atoms with Gasteiger partial charge in [-0.2, -0.15) is 0 Å². The van der Waals surface area contributed by atoms with Gasteiger partial charge in [0.25, 0.3) is 0 Å². The predicted octanol–water partition coefficient (Wildman–Crippen LogP) is 3.90. The van der Waals surface area contributed by atoms with E-state index < -0.39 is 5.60 Å². The van der Waals surface area contributed by atoms with Gasteiger partial charge in [0.05, 0.1) is 0 Å². The molecule has 132 valence electrons. The minimum absolute atomic E-state index is 0.0801. The summed E-state index contributed by atoms with van der Waals surface area (Å²) in [6, 6.07) is 0. The molecule has 2 aliphatic rings. The largest absolute Gasteiger partial charge is 0.459 e. The van der Waals surface area contributed by atoms with Crippen molar-refractivity contribution in [2.45, 2.75) is 83.8 Å². The molecule has 1 unspecified atom stereocenters. The van der Waals surface area contributed by atoms with Crippen LogP contribution in [-0.4, -0.2) is 41.3 Å². The standard InChI is InChI=1S/C18H31NO4/c1-5-6-7-14-8-9-15(20)22-18(14)10-12-19(13-11-18)16(21)23-17(2,3)4/h14H,5-13H2,1-4H3. The van der Waals surface area contributed by atoms with Crippen LogP contribution in [0.4, 0.5) is 4.79 Å². The van der Waals surface area contributed by atoms with E-state index in [9.17, 15) is 9.59 Å². The van der Waals surface area contributed by atoms with Crippen molar-refractivity contribution in [2.24, 2.45) is 5.92 Å². The fourth-order valence-electron chi connectivity index (χ4n) is 3.68. The number of carbonyl (C=O) groups is 2. The SMILES string of the molecule is CCCCC1CCC(=O)OC12CCN(C(=O)OC(C)(C)C)CC2. The Morgan fingerprint density at radius 2 is 2.00 bits per heavy atom. The lowest BCUT2D eigenvalue weighted by molar-refractivity contribution is -0.184. The molecule has 0 bridgehead atoms. The number of rotatable bonds is 3. The van der Waals surface area contributed by atoms with Gasteiger partial charge in [-0.1, -0.05) is 19.8 Å². The highest BCUT2D eigenvalue weighted by molar-refractivity contribution is 5.71. The smallest absolute Gasteiger partial charge is 0.410 e. The quantitative estimate of drug-likeness (QED) is 0.739. The van der Waals surface area contributed by atoms with E-state index in [0.29, 0.717) is 25.4 Å². The van der Waals surface area contributed by atoms with Crippen molar-refractivity contribution in [1.82, 2.24) is 4.90 Å². The Hall–Kier alpha value is -1.26. The Labute approximate surface area is 139 Å². The van der Waals surface area contributed by atoms with Crippen LogP contribution in [0.5, 0.6) is 0 Å². The van der Waals surface area contributed by atoms with E-state index in [0.717, 1.165) is 32.1 Å². The van der Waals surface area contributed by atoms with Crippen molar-refractivity contribution in [2.75, 3.05) is 13.1 Å². The molecule has 2 fully saturated rings. The summed E-state index contributed by atoms with van der Waals surface area (Å²) in [5.41, 5.74) is -0.837. The second-order valence-electron chi connectivity index (χ2n) is 7.88. The maximum atomic E-state index is 12.2. The zero-order valence-electron chi connectivity index (χ0n) is 15.0. The van der Waals surface area contributed by atoms with Gasteiger partial charge in [0.1, 0.15) is 11.2 Å². The molecule has 1 amide bonds. The number of ether oxygens (including phenoxy) is 2. The molecule has 1 atom stereocenters. The van der Waals surface area contributed by atoms with Gasteiger partial charge in [-0.15, -0.1) is 0 Å². The van der Waals surface area contributed by atoms with Crippen LogP contribution >= 0.6 is 0 Å². The second-order valence-corrected chi connectivity index (χ2v) is 7.88. The van der Waals surface area contributed by atoms with E-state index >= 15 is 0 Å². The summed E-state index contributed by atoms with van der Waals surface area (Å²) in [6.45, 7) is 9.02. The fourth-order valence-corrected chi connectivity index (χ4v) is 3.68. The molecule has 0 aliphatic carbocycles. The molecule has 2 aliphatic heterocycles. The normalized spacial score (nSPS) is 24.4. The summed E-state index contributed by atoms with van der Waals surface area (Å²) in [5.74, 6) is 0.351. The number of hydrogen-bond donors (Lipinski definition) is 0. The third-order valence-corrected chi connectivity index (χ3v) is 4.93. The zero-order chi connectivity index (χ0) is 17.1. The van der Waals surface area contributed by atoms with Crippen molar-refractivity contribution >= 4 is 12.1 Å². The number of likely N-dealkylation sites (tertiary alicyclic amines) is 1. The minimum atomic E-state index is -0.479. The zero-order valence-corrected chi connectivity index (χ0v) is 15.0. The fraction of sp³-hybridized carbons (Fsp3) is 0.889. The maximum Gasteiger partial charge on any atom is 0.410 e. The molecular weight excluding hydrogens is 294 g/mol. The van der Waals surface area contributed by atoms with E-state index in [1.807, 2.05) is 20.8 Å². The number of hydrogen-bond acceptors (Lipinski definition) is 4. The van der Waals surface area contributed by atoms with Crippen LogP contribution in [0.15, 0.2) is 0 Å². The van der Waals surface area contributed by atoms with Crippen LogP contribution in [-0.2, 0) is 14.3 Å². The average Bonchev–Trinajstić information content (AvgIpc) is 2.45. The van der Waals surface area contributed by atoms with Crippen molar-refractivity contribution in [3.05, 3.63) is 0 Å². The molecule has 23 heavy (non-hydrogen) atoms. The molecule has 0 saturated carbocycles. The molecule has 0 aromatic carbocycles. The molecule has 2 saturated heterocycles. The Bertz CT molecular complexity index is 433. The monoisotopic (exact) mass is 325 g/mol. The van der Waals surface area contributed by atoms with Crippen LogP contribution in [0.3, 0.4) is 0 Å². The Morgan fingerprint density at radius 1 is 1.35 bits per heavy atom. The van der Waals surface area contributed by atoms with Gasteiger partial charge < -0.3 is 14.4 Å². The van der Waals surface area contributed by atoms with Crippen molar-refractivity contribution in [3.63, 3.8) is 0 Å². The van der Waals surface area contributed by atoms with Crippen molar-refractivity contribution in [3.8, 4) is 0 Å². The first-order valence-electron chi connectivity index (χ1n) is 8.95. The lowest BCUT2D eigenvalue weighted by Crippen LogP contribution is -2.55. The highest BCUT2D eigenvalue weighted by Gasteiger charge is 2.47. The summed E-state index contributed by atoms with van der Waals surface area (Å²) in [6.07, 6.45) is 6.08. The van der Waals surface area contributed by atoms with Gasteiger partial charge in [-0.05, 0) is 39.5 Å². The summed E-state index contributed by atoms with van der Waals surface area (Å²) in [4.78, 5) is 25.8. The molecule has 2 heterocycles. The van der Waals surface area contributed by atoms with Crippen LogP contribution in [0.2, 0.25) is 0 Å². The Balaban J connectivity index is 1.98. The van der Waals surface area contributed by atoms with E-state index in [-0.39, 0.29) is 17.7 Å². The number of carbonyl (C=O) groups excluding carboxylic acids is 2. The topological polar surface area (TPSA) is 55.8 Å². The van der Waals surface area contributed by atoms with Gasteiger partial charge in [0.15, 0.2) is 0 Å². The first kappa shape index (κ1) is 18.1. The Kier molecular flexibility index (Phi) is 5.58. The van der Waals surface area contributed by atoms with E-state index in [1.165, 1.54) is 6.42 Å². The summed E-state index contributed by atoms with van der Waals surface area (Å²) in [5, 5.41) is 0. The molecule has 5 nitrogen and oxygen atoms in total. The molecular formula is C18H31NO4. The third-order valence-electron chi connectivity index (χ3n) is 4.93. The maximum absolute atomic E-state index is 12.2. The van der Waals surface area contributed by atoms with Gasteiger partial charge in [-0.3, -0.25) is 4.79 Å². The molecule has 2 rings (SSSR count). The van der Waals surface area contributed by atoms with Gasteiger partial charge in [0.2, 0.25) is 0 Å². The predicted molar refractivity (Wildman–Crippen MR) is 88.1 cm³/mol. The van der Waals surface area contributed by atoms with Gasteiger partial charge >= 0.3 is 12.1 Å². The van der Waals surface area contributed by atoms with Crippen molar-refractivity contribution in [1.29, 1.82) is 0 Å². The summed E-state index contributed by atoms with van der Waals surface area (Å²) < 4.78 is 11.3. The van der Waals surface area contributed by atoms with Crippen LogP contribution < -0.4 is 0 Å². The first-order chi connectivity index (χ1) is 10.8. The van der Waals surface area contributed by atoms with Crippen molar-refractivity contribution < 1.29 is 19.1 Å².